The van der Waals surface area contributed by atoms with Crippen molar-refractivity contribution in [3.63, 3.8) is 0 Å². The summed E-state index contributed by atoms with van der Waals surface area (Å²) in [5.74, 6) is -5.38. The molecule has 0 saturated carbocycles. The fourth-order valence-electron chi connectivity index (χ4n) is 1.92. The molecule has 2 amide bonds. The van der Waals surface area contributed by atoms with Crippen LogP contribution in [-0.4, -0.2) is 69.5 Å². The van der Waals surface area contributed by atoms with Gasteiger partial charge in [0, 0.05) is 25.9 Å². The van der Waals surface area contributed by atoms with E-state index in [9.17, 15) is 35.9 Å². The van der Waals surface area contributed by atoms with E-state index in [1.807, 2.05) is 11.8 Å². The van der Waals surface area contributed by atoms with E-state index in [1.54, 1.807) is 5.48 Å². The lowest BCUT2D eigenvalue weighted by molar-refractivity contribution is -0.193. The Labute approximate surface area is 160 Å². The van der Waals surface area contributed by atoms with Crippen LogP contribution in [-0.2, 0) is 19.2 Å². The molecule has 1 aliphatic heterocycles. The number of hydrogen-bond acceptors (Lipinski definition) is 5. The van der Waals surface area contributed by atoms with Gasteiger partial charge in [0.2, 0.25) is 11.8 Å². The first-order chi connectivity index (χ1) is 13.1. The zero-order chi connectivity index (χ0) is 23.4. The second kappa shape index (κ2) is 12.8. The number of rotatable bonds is 3. The zero-order valence-corrected chi connectivity index (χ0v) is 15.0. The number of carbonyl (C=O) groups excluding carboxylic acids is 2. The molecule has 1 rings (SSSR count). The molecule has 0 aromatic carbocycles. The molecule has 1 saturated heterocycles. The van der Waals surface area contributed by atoms with Crippen LogP contribution in [0.3, 0.4) is 0 Å². The second-order valence-corrected chi connectivity index (χ2v) is 5.52. The lowest BCUT2D eigenvalue weighted by atomic mass is 9.93. The van der Waals surface area contributed by atoms with Gasteiger partial charge in [0.15, 0.2) is 0 Å². The number of hydrogen-bond donors (Lipinski definition) is 4. The average Bonchev–Trinajstić information content (AvgIpc) is 2.61. The molecule has 0 aromatic rings. The summed E-state index contributed by atoms with van der Waals surface area (Å²) in [4.78, 5) is 41.9. The van der Waals surface area contributed by atoms with Gasteiger partial charge in [-0.2, -0.15) is 26.3 Å². The molecule has 9 nitrogen and oxygen atoms in total. The zero-order valence-electron chi connectivity index (χ0n) is 15.0. The molecule has 1 heterocycles. The van der Waals surface area contributed by atoms with Gasteiger partial charge in [-0.3, -0.25) is 14.8 Å². The number of carboxylic acids is 2. The highest BCUT2D eigenvalue weighted by molar-refractivity contribution is 5.76. The quantitative estimate of drug-likeness (QED) is 0.296. The average molecular weight is 442 g/mol. The molecule has 0 bridgehead atoms. The monoisotopic (exact) mass is 442 g/mol. The third-order valence-electron chi connectivity index (χ3n) is 3.35. The lowest BCUT2D eigenvalue weighted by Crippen LogP contribution is -2.39. The highest BCUT2D eigenvalue weighted by Gasteiger charge is 2.38. The van der Waals surface area contributed by atoms with Gasteiger partial charge in [-0.25, -0.2) is 15.1 Å². The predicted octanol–water partition coefficient (Wildman–Crippen LogP) is 1.80. The van der Waals surface area contributed by atoms with Gasteiger partial charge in [-0.15, -0.1) is 0 Å². The van der Waals surface area contributed by atoms with Crippen LogP contribution >= 0.6 is 0 Å². The minimum absolute atomic E-state index is 0.181. The Balaban J connectivity index is 0. The molecule has 1 aliphatic rings. The van der Waals surface area contributed by atoms with Crippen LogP contribution in [0.2, 0.25) is 0 Å². The fraction of sp³-hybridized carbons (Fsp3) is 0.714. The molecule has 15 heteroatoms. The second-order valence-electron chi connectivity index (χ2n) is 5.52. The van der Waals surface area contributed by atoms with Crippen molar-refractivity contribution < 1.29 is 60.9 Å². The summed E-state index contributed by atoms with van der Waals surface area (Å²) in [6.07, 6.45) is -7.58. The normalized spacial score (nSPS) is 14.6. The van der Waals surface area contributed by atoms with Gasteiger partial charge in [-0.05, 0) is 18.8 Å². The van der Waals surface area contributed by atoms with Crippen LogP contribution in [0.5, 0.6) is 0 Å². The molecule has 1 fully saturated rings. The van der Waals surface area contributed by atoms with Crippen molar-refractivity contribution in [2.45, 2.75) is 45.0 Å². The predicted molar refractivity (Wildman–Crippen MR) is 81.5 cm³/mol. The Morgan fingerprint density at radius 3 is 1.52 bits per heavy atom. The number of alkyl halides is 6. The summed E-state index contributed by atoms with van der Waals surface area (Å²) in [7, 11) is 0. The van der Waals surface area contributed by atoms with Crippen molar-refractivity contribution in [3.8, 4) is 0 Å². The minimum Gasteiger partial charge on any atom is -0.475 e. The maximum absolute atomic E-state index is 11.4. The summed E-state index contributed by atoms with van der Waals surface area (Å²) in [6.45, 7) is 3.32. The van der Waals surface area contributed by atoms with Crippen molar-refractivity contribution in [1.82, 2.24) is 10.4 Å². The molecule has 0 unspecified atom stereocenters. The van der Waals surface area contributed by atoms with E-state index in [1.165, 1.54) is 0 Å². The van der Waals surface area contributed by atoms with Crippen LogP contribution in [0, 0.1) is 5.92 Å². The van der Waals surface area contributed by atoms with Crippen molar-refractivity contribution in [2.75, 3.05) is 13.1 Å². The van der Waals surface area contributed by atoms with E-state index in [4.69, 9.17) is 25.0 Å². The summed E-state index contributed by atoms with van der Waals surface area (Å²) in [6, 6.07) is 0. The highest BCUT2D eigenvalue weighted by Crippen LogP contribution is 2.20. The third-order valence-corrected chi connectivity index (χ3v) is 3.35. The van der Waals surface area contributed by atoms with E-state index in [2.05, 4.69) is 0 Å². The van der Waals surface area contributed by atoms with Gasteiger partial charge in [0.25, 0.3) is 0 Å². The van der Waals surface area contributed by atoms with Crippen molar-refractivity contribution in [1.29, 1.82) is 0 Å². The first-order valence-corrected chi connectivity index (χ1v) is 7.87. The molecule has 0 spiro atoms. The maximum atomic E-state index is 11.4. The first-order valence-electron chi connectivity index (χ1n) is 7.87. The molecular formula is C14H20F6N2O7. The summed E-state index contributed by atoms with van der Waals surface area (Å²) in [5.41, 5.74) is 1.64. The number of likely N-dealkylation sites (tertiary alicyclic amines) is 1. The van der Waals surface area contributed by atoms with Gasteiger partial charge in [-0.1, -0.05) is 6.92 Å². The largest absolute Gasteiger partial charge is 0.490 e. The van der Waals surface area contributed by atoms with Gasteiger partial charge in [0.05, 0.1) is 0 Å². The maximum Gasteiger partial charge on any atom is 0.490 e. The number of halogens is 6. The van der Waals surface area contributed by atoms with E-state index in [0.29, 0.717) is 12.8 Å². The molecule has 0 atom stereocenters. The Morgan fingerprint density at radius 1 is 0.931 bits per heavy atom. The van der Waals surface area contributed by atoms with Crippen LogP contribution in [0.15, 0.2) is 0 Å². The number of carboxylic acid groups (broad SMARTS) is 2. The number of amides is 2. The van der Waals surface area contributed by atoms with Gasteiger partial charge >= 0.3 is 24.3 Å². The molecular weight excluding hydrogens is 422 g/mol. The van der Waals surface area contributed by atoms with E-state index in [0.717, 1.165) is 25.9 Å². The van der Waals surface area contributed by atoms with Crippen molar-refractivity contribution in [2.24, 2.45) is 5.92 Å². The van der Waals surface area contributed by atoms with Crippen LogP contribution in [0.1, 0.15) is 32.6 Å². The van der Waals surface area contributed by atoms with Crippen molar-refractivity contribution in [3.05, 3.63) is 0 Å². The third kappa shape index (κ3) is 14.1. The van der Waals surface area contributed by atoms with Crippen LogP contribution < -0.4 is 5.48 Å². The smallest absolute Gasteiger partial charge is 0.475 e. The Morgan fingerprint density at radius 2 is 1.28 bits per heavy atom. The molecule has 0 aliphatic carbocycles. The topological polar surface area (TPSA) is 144 Å². The Kier molecular flexibility index (Phi) is 12.6. The Hall–Kier alpha value is -2.58. The molecule has 170 valence electrons. The van der Waals surface area contributed by atoms with Gasteiger partial charge in [0.1, 0.15) is 0 Å². The Bertz CT molecular complexity index is 534. The lowest BCUT2D eigenvalue weighted by Gasteiger charge is -2.31. The van der Waals surface area contributed by atoms with E-state index in [-0.39, 0.29) is 17.7 Å². The van der Waals surface area contributed by atoms with Crippen molar-refractivity contribution >= 4 is 23.8 Å². The molecule has 4 N–H and O–H groups in total. The number of carbonyl (C=O) groups is 4. The van der Waals surface area contributed by atoms with E-state index < -0.39 is 24.3 Å². The van der Waals surface area contributed by atoms with Crippen LogP contribution in [0.25, 0.3) is 0 Å². The summed E-state index contributed by atoms with van der Waals surface area (Å²) >= 11 is 0. The van der Waals surface area contributed by atoms with Crippen LogP contribution in [0.4, 0.5) is 26.3 Å². The number of nitrogens with zero attached hydrogens (tertiary/aromatic N) is 1. The van der Waals surface area contributed by atoms with E-state index >= 15 is 0 Å². The van der Waals surface area contributed by atoms with Gasteiger partial charge < -0.3 is 15.1 Å². The summed E-state index contributed by atoms with van der Waals surface area (Å²) < 4.78 is 63.5. The first kappa shape index (κ1) is 28.6. The number of hydroxylamine groups is 1. The summed E-state index contributed by atoms with van der Waals surface area (Å²) in [5, 5.41) is 22.6. The molecule has 29 heavy (non-hydrogen) atoms. The fourth-order valence-corrected chi connectivity index (χ4v) is 1.92. The minimum atomic E-state index is -5.08. The number of aliphatic carboxylic acids is 2. The number of nitrogens with one attached hydrogen (secondary N) is 1. The SMILES string of the molecule is CCC(=O)N1CCC(CC(=O)NO)CC1.O=C(O)C(F)(F)F.O=C(O)C(F)(F)F. The highest BCUT2D eigenvalue weighted by atomic mass is 19.4. The molecule has 0 radical (unpaired) electrons. The standard InChI is InChI=1S/C10H18N2O3.2C2HF3O2/c1-2-10(14)12-5-3-8(4-6-12)7-9(13)11-15;2*3-2(4,5)1(6)7/h8,15H,2-7H2,1H3,(H,11,13);2*(H,6,7). The number of piperidine rings is 1. The molecule has 0 aromatic heterocycles.